The molecule has 3 rings (SSSR count). The Labute approximate surface area is 140 Å². The van der Waals surface area contributed by atoms with Crippen molar-refractivity contribution in [2.75, 3.05) is 11.9 Å². The van der Waals surface area contributed by atoms with Crippen molar-refractivity contribution in [3.8, 4) is 17.1 Å². The zero-order chi connectivity index (χ0) is 16.1. The van der Waals surface area contributed by atoms with Crippen molar-refractivity contribution >= 4 is 17.3 Å². The second kappa shape index (κ2) is 7.20. The van der Waals surface area contributed by atoms with Gasteiger partial charge in [-0.3, -0.25) is 0 Å². The van der Waals surface area contributed by atoms with E-state index >= 15 is 0 Å². The van der Waals surface area contributed by atoms with Crippen molar-refractivity contribution in [2.24, 2.45) is 0 Å². The predicted octanol–water partition coefficient (Wildman–Crippen LogP) is 5.01. The first-order valence-electron chi connectivity index (χ1n) is 7.42. The molecule has 23 heavy (non-hydrogen) atoms. The van der Waals surface area contributed by atoms with Crippen LogP contribution in [0.4, 0.5) is 5.69 Å². The summed E-state index contributed by atoms with van der Waals surface area (Å²) in [6.45, 7) is 3.14. The van der Waals surface area contributed by atoms with E-state index in [1.54, 1.807) is 6.20 Å². The molecule has 0 saturated carbocycles. The maximum absolute atomic E-state index is 5.99. The molecule has 118 valence electrons. The first-order valence-corrected chi connectivity index (χ1v) is 7.80. The molecular weight excluding hydrogens is 312 g/mol. The maximum Gasteiger partial charge on any atom is 0.214 e. The van der Waals surface area contributed by atoms with Gasteiger partial charge in [-0.15, -0.1) is 0 Å². The van der Waals surface area contributed by atoms with Crippen molar-refractivity contribution in [3.05, 3.63) is 65.6 Å². The molecule has 0 bridgehead atoms. The molecule has 0 aliphatic rings. The van der Waals surface area contributed by atoms with Crippen molar-refractivity contribution in [1.29, 1.82) is 0 Å². The minimum Gasteiger partial charge on any atom is -0.494 e. The van der Waals surface area contributed by atoms with Gasteiger partial charge >= 0.3 is 0 Å². The van der Waals surface area contributed by atoms with Crippen molar-refractivity contribution in [1.82, 2.24) is 4.98 Å². The lowest BCUT2D eigenvalue weighted by Gasteiger charge is -2.06. The number of rotatable bonds is 6. The fourth-order valence-corrected chi connectivity index (χ4v) is 2.37. The molecule has 0 fully saturated rings. The summed E-state index contributed by atoms with van der Waals surface area (Å²) < 4.78 is 11.2. The zero-order valence-corrected chi connectivity index (χ0v) is 13.5. The Morgan fingerprint density at radius 1 is 1.17 bits per heavy atom. The van der Waals surface area contributed by atoms with Gasteiger partial charge in [0.15, 0.2) is 5.76 Å². The number of hydrogen-bond donors (Lipinski definition) is 1. The van der Waals surface area contributed by atoms with E-state index in [0.29, 0.717) is 29.8 Å². The normalized spacial score (nSPS) is 10.5. The van der Waals surface area contributed by atoms with Crippen LogP contribution in [0.1, 0.15) is 12.8 Å². The Bertz CT molecular complexity index is 769. The number of oxazole rings is 1. The Hall–Kier alpha value is -2.46. The number of nitrogens with zero attached hydrogens (tertiary/aromatic N) is 1. The molecule has 0 aliphatic heterocycles. The number of halogens is 1. The lowest BCUT2D eigenvalue weighted by molar-refractivity contribution is 0.340. The van der Waals surface area contributed by atoms with Gasteiger partial charge in [-0.25, -0.2) is 4.98 Å². The first-order chi connectivity index (χ1) is 11.2. The van der Waals surface area contributed by atoms with Crippen LogP contribution >= 0.6 is 11.6 Å². The Morgan fingerprint density at radius 2 is 2.00 bits per heavy atom. The van der Waals surface area contributed by atoms with Gasteiger partial charge in [-0.2, -0.15) is 0 Å². The third-order valence-corrected chi connectivity index (χ3v) is 3.51. The van der Waals surface area contributed by atoms with Crippen LogP contribution in [-0.4, -0.2) is 11.6 Å². The highest BCUT2D eigenvalue weighted by Crippen LogP contribution is 2.24. The molecule has 0 atom stereocenters. The van der Waals surface area contributed by atoms with Gasteiger partial charge < -0.3 is 14.5 Å². The number of hydrogen-bond acceptors (Lipinski definition) is 4. The number of ether oxygens (including phenoxy) is 1. The van der Waals surface area contributed by atoms with E-state index in [1.165, 1.54) is 0 Å². The predicted molar refractivity (Wildman–Crippen MR) is 91.9 cm³/mol. The summed E-state index contributed by atoms with van der Waals surface area (Å²) in [7, 11) is 0. The van der Waals surface area contributed by atoms with E-state index in [2.05, 4.69) is 10.3 Å². The van der Waals surface area contributed by atoms with Crippen LogP contribution in [0, 0.1) is 0 Å². The molecule has 2 aromatic carbocycles. The average Bonchev–Trinajstić information content (AvgIpc) is 3.04. The van der Waals surface area contributed by atoms with E-state index in [4.69, 9.17) is 20.8 Å². The number of benzene rings is 2. The molecule has 1 heterocycles. The van der Waals surface area contributed by atoms with Gasteiger partial charge in [-0.1, -0.05) is 23.7 Å². The molecular formula is C18H17ClN2O2. The Balaban J connectivity index is 1.63. The van der Waals surface area contributed by atoms with E-state index in [9.17, 15) is 0 Å². The summed E-state index contributed by atoms with van der Waals surface area (Å²) in [4.78, 5) is 4.29. The first kappa shape index (κ1) is 15.4. The van der Waals surface area contributed by atoms with E-state index in [-0.39, 0.29) is 0 Å². The van der Waals surface area contributed by atoms with Crippen LogP contribution in [0.25, 0.3) is 11.3 Å². The summed E-state index contributed by atoms with van der Waals surface area (Å²) >= 11 is 5.99. The molecule has 0 spiro atoms. The molecule has 0 radical (unpaired) electrons. The maximum atomic E-state index is 5.99. The summed E-state index contributed by atoms with van der Waals surface area (Å²) in [6.07, 6.45) is 1.71. The van der Waals surface area contributed by atoms with Gasteiger partial charge in [0.1, 0.15) is 5.75 Å². The summed E-state index contributed by atoms with van der Waals surface area (Å²) in [5.74, 6) is 2.18. The van der Waals surface area contributed by atoms with Gasteiger partial charge in [0.2, 0.25) is 5.89 Å². The molecule has 4 nitrogen and oxygen atoms in total. The minimum absolute atomic E-state index is 0.508. The Kier molecular flexibility index (Phi) is 4.83. The highest BCUT2D eigenvalue weighted by atomic mass is 35.5. The third-order valence-electron chi connectivity index (χ3n) is 3.27. The number of aromatic nitrogens is 1. The fourth-order valence-electron chi connectivity index (χ4n) is 2.18. The lowest BCUT2D eigenvalue weighted by atomic mass is 10.2. The monoisotopic (exact) mass is 328 g/mol. The number of anilines is 1. The Morgan fingerprint density at radius 3 is 2.74 bits per heavy atom. The highest BCUT2D eigenvalue weighted by molar-refractivity contribution is 6.30. The topological polar surface area (TPSA) is 47.3 Å². The number of nitrogens with one attached hydrogen (secondary N) is 1. The summed E-state index contributed by atoms with van der Waals surface area (Å²) in [5.41, 5.74) is 1.90. The third kappa shape index (κ3) is 4.05. The quantitative estimate of drug-likeness (QED) is 0.691. The molecule has 3 aromatic rings. The van der Waals surface area contributed by atoms with Crippen molar-refractivity contribution in [3.63, 3.8) is 0 Å². The van der Waals surface area contributed by atoms with Gasteiger partial charge in [-0.05, 0) is 43.3 Å². The zero-order valence-electron chi connectivity index (χ0n) is 12.8. The van der Waals surface area contributed by atoms with Crippen LogP contribution in [-0.2, 0) is 6.54 Å². The SMILES string of the molecule is CCOc1ccc(NCc2ncc(-c3cccc(Cl)c3)o2)cc1. The average molecular weight is 329 g/mol. The van der Waals surface area contributed by atoms with Crippen molar-refractivity contribution < 1.29 is 9.15 Å². The van der Waals surface area contributed by atoms with Crippen LogP contribution in [0.5, 0.6) is 5.75 Å². The smallest absolute Gasteiger partial charge is 0.214 e. The summed E-state index contributed by atoms with van der Waals surface area (Å²) in [6, 6.07) is 15.3. The molecule has 5 heteroatoms. The second-order valence-corrected chi connectivity index (χ2v) is 5.38. The molecule has 0 saturated heterocycles. The standard InChI is InChI=1S/C18H17ClN2O2/c1-2-22-16-8-6-15(7-9-16)20-12-18-21-11-17(23-18)13-4-3-5-14(19)10-13/h3-11,20H,2,12H2,1H3. The van der Waals surface area contributed by atoms with Crippen LogP contribution in [0.2, 0.25) is 5.02 Å². The summed E-state index contributed by atoms with van der Waals surface area (Å²) in [5, 5.41) is 3.94. The van der Waals surface area contributed by atoms with Crippen molar-refractivity contribution in [2.45, 2.75) is 13.5 Å². The highest BCUT2D eigenvalue weighted by Gasteiger charge is 2.07. The largest absolute Gasteiger partial charge is 0.494 e. The van der Waals surface area contributed by atoms with E-state index in [1.807, 2.05) is 55.5 Å². The minimum atomic E-state index is 0.508. The van der Waals surface area contributed by atoms with Crippen LogP contribution in [0.3, 0.4) is 0 Å². The lowest BCUT2D eigenvalue weighted by Crippen LogP contribution is -1.99. The van der Waals surface area contributed by atoms with Gasteiger partial charge in [0.25, 0.3) is 0 Å². The van der Waals surface area contributed by atoms with Crippen LogP contribution in [0.15, 0.2) is 59.1 Å². The molecule has 0 amide bonds. The fraction of sp³-hybridized carbons (Fsp3) is 0.167. The second-order valence-electron chi connectivity index (χ2n) is 4.94. The molecule has 0 unspecified atom stereocenters. The van der Waals surface area contributed by atoms with E-state index in [0.717, 1.165) is 17.0 Å². The molecule has 1 N–H and O–H groups in total. The molecule has 0 aliphatic carbocycles. The molecule has 1 aromatic heterocycles. The van der Waals surface area contributed by atoms with Gasteiger partial charge in [0.05, 0.1) is 19.3 Å². The van der Waals surface area contributed by atoms with E-state index < -0.39 is 0 Å². The van der Waals surface area contributed by atoms with Gasteiger partial charge in [0, 0.05) is 16.3 Å². The van der Waals surface area contributed by atoms with Crippen LogP contribution < -0.4 is 10.1 Å².